The van der Waals surface area contributed by atoms with Crippen molar-refractivity contribution in [1.29, 1.82) is 0 Å². The van der Waals surface area contributed by atoms with Crippen molar-refractivity contribution in [3.05, 3.63) is 35.9 Å². The van der Waals surface area contributed by atoms with Crippen LogP contribution in [0.1, 0.15) is 18.4 Å². The second-order valence-corrected chi connectivity index (χ2v) is 3.54. The Labute approximate surface area is 99.8 Å². The standard InChI is InChI=1S/C11H14O2.Ta/c12-10-6-11(7-10)13-8-9-4-2-1-3-5-9;/h1-5,10-12H,6-8H2;. The minimum Gasteiger partial charge on any atom is -0.393 e. The quantitative estimate of drug-likeness (QED) is 0.891. The summed E-state index contributed by atoms with van der Waals surface area (Å²) >= 11 is 0. The largest absolute Gasteiger partial charge is 0.393 e. The minimum atomic E-state index is -0.124. The van der Waals surface area contributed by atoms with Crippen LogP contribution in [0.5, 0.6) is 0 Å². The van der Waals surface area contributed by atoms with Crippen LogP contribution in [0.25, 0.3) is 0 Å². The van der Waals surface area contributed by atoms with Crippen molar-refractivity contribution in [2.24, 2.45) is 0 Å². The molecule has 14 heavy (non-hydrogen) atoms. The average molecular weight is 359 g/mol. The third-order valence-electron chi connectivity index (χ3n) is 2.40. The zero-order valence-corrected chi connectivity index (χ0v) is 11.2. The molecule has 3 heteroatoms. The van der Waals surface area contributed by atoms with Gasteiger partial charge in [-0.2, -0.15) is 0 Å². The maximum absolute atomic E-state index is 9.04. The van der Waals surface area contributed by atoms with Crippen molar-refractivity contribution in [2.75, 3.05) is 0 Å². The third-order valence-corrected chi connectivity index (χ3v) is 2.40. The van der Waals surface area contributed by atoms with E-state index in [4.69, 9.17) is 9.84 Å². The van der Waals surface area contributed by atoms with Crippen molar-refractivity contribution in [3.8, 4) is 0 Å². The Balaban J connectivity index is 0.000000980. The second kappa shape index (κ2) is 5.69. The van der Waals surface area contributed by atoms with E-state index in [2.05, 4.69) is 12.1 Å². The predicted octanol–water partition coefficient (Wildman–Crippen LogP) is 1.72. The molecule has 0 bridgehead atoms. The molecular formula is C11H14O2Ta. The van der Waals surface area contributed by atoms with E-state index in [9.17, 15) is 0 Å². The van der Waals surface area contributed by atoms with E-state index < -0.39 is 0 Å². The van der Waals surface area contributed by atoms with Gasteiger partial charge in [-0.15, -0.1) is 0 Å². The molecule has 1 aromatic rings. The van der Waals surface area contributed by atoms with Crippen molar-refractivity contribution in [2.45, 2.75) is 31.7 Å². The van der Waals surface area contributed by atoms with E-state index in [1.165, 1.54) is 5.56 Å². The van der Waals surface area contributed by atoms with Gasteiger partial charge in [-0.1, -0.05) is 30.3 Å². The van der Waals surface area contributed by atoms with E-state index in [0.717, 1.165) is 12.8 Å². The molecule has 0 aliphatic heterocycles. The molecule has 0 aromatic heterocycles. The maximum Gasteiger partial charge on any atom is 0.0720 e. The molecule has 1 N–H and O–H groups in total. The van der Waals surface area contributed by atoms with Crippen LogP contribution in [-0.2, 0) is 33.7 Å². The average Bonchev–Trinajstić information content (AvgIpc) is 2.12. The van der Waals surface area contributed by atoms with Gasteiger partial charge in [0.25, 0.3) is 0 Å². The molecule has 0 heterocycles. The Bertz CT molecular complexity index is 257. The van der Waals surface area contributed by atoms with Crippen LogP contribution < -0.4 is 0 Å². The van der Waals surface area contributed by atoms with Gasteiger partial charge in [-0.25, -0.2) is 0 Å². The fraction of sp³-hybridized carbons (Fsp3) is 0.455. The first-order valence-electron chi connectivity index (χ1n) is 4.68. The summed E-state index contributed by atoms with van der Waals surface area (Å²) in [5.74, 6) is 0. The van der Waals surface area contributed by atoms with E-state index in [1.807, 2.05) is 18.2 Å². The van der Waals surface area contributed by atoms with E-state index >= 15 is 0 Å². The van der Waals surface area contributed by atoms with Gasteiger partial charge in [0.1, 0.15) is 0 Å². The van der Waals surface area contributed by atoms with Crippen LogP contribution in [0, 0.1) is 0 Å². The van der Waals surface area contributed by atoms with Gasteiger partial charge >= 0.3 is 0 Å². The molecule has 1 radical (unpaired) electrons. The summed E-state index contributed by atoms with van der Waals surface area (Å²) in [4.78, 5) is 0. The molecule has 75 valence electrons. The Morgan fingerprint density at radius 3 is 2.43 bits per heavy atom. The summed E-state index contributed by atoms with van der Waals surface area (Å²) in [7, 11) is 0. The van der Waals surface area contributed by atoms with Gasteiger partial charge in [0.15, 0.2) is 0 Å². The molecule has 0 atom stereocenters. The molecule has 1 aromatic carbocycles. The molecule has 1 aliphatic rings. The van der Waals surface area contributed by atoms with Crippen LogP contribution in [0.4, 0.5) is 0 Å². The van der Waals surface area contributed by atoms with Crippen molar-refractivity contribution in [3.63, 3.8) is 0 Å². The SMILES string of the molecule is OC1CC(OCc2ccccc2)C1.[Ta]. The van der Waals surface area contributed by atoms with E-state index in [1.54, 1.807) is 0 Å². The van der Waals surface area contributed by atoms with Crippen LogP contribution in [0.2, 0.25) is 0 Å². The molecule has 1 saturated carbocycles. The van der Waals surface area contributed by atoms with Crippen LogP contribution in [0.15, 0.2) is 30.3 Å². The number of hydrogen-bond acceptors (Lipinski definition) is 2. The predicted molar refractivity (Wildman–Crippen MR) is 50.3 cm³/mol. The summed E-state index contributed by atoms with van der Waals surface area (Å²) in [5.41, 5.74) is 1.20. The Morgan fingerprint density at radius 2 is 1.86 bits per heavy atom. The summed E-state index contributed by atoms with van der Waals surface area (Å²) in [6.07, 6.45) is 1.75. The Hall–Kier alpha value is -0.120. The summed E-state index contributed by atoms with van der Waals surface area (Å²) in [6.45, 7) is 0.665. The molecule has 0 amide bonds. The number of aliphatic hydroxyl groups excluding tert-OH is 1. The van der Waals surface area contributed by atoms with Crippen LogP contribution in [0.3, 0.4) is 0 Å². The normalized spacial score (nSPS) is 24.9. The van der Waals surface area contributed by atoms with Crippen LogP contribution in [-0.4, -0.2) is 17.3 Å². The molecule has 1 aliphatic carbocycles. The number of hydrogen-bond donors (Lipinski definition) is 1. The number of rotatable bonds is 3. The number of aliphatic hydroxyl groups is 1. The fourth-order valence-electron chi connectivity index (χ4n) is 1.46. The Morgan fingerprint density at radius 1 is 1.21 bits per heavy atom. The van der Waals surface area contributed by atoms with Gasteiger partial charge in [0, 0.05) is 22.4 Å². The number of benzene rings is 1. The topological polar surface area (TPSA) is 29.5 Å². The van der Waals surface area contributed by atoms with Gasteiger partial charge in [-0.05, 0) is 18.4 Å². The molecular weight excluding hydrogens is 345 g/mol. The van der Waals surface area contributed by atoms with Gasteiger partial charge < -0.3 is 9.84 Å². The van der Waals surface area contributed by atoms with E-state index in [-0.39, 0.29) is 34.6 Å². The summed E-state index contributed by atoms with van der Waals surface area (Å²) in [6, 6.07) is 10.1. The molecule has 1 fully saturated rings. The van der Waals surface area contributed by atoms with Crippen molar-refractivity contribution >= 4 is 0 Å². The summed E-state index contributed by atoms with van der Waals surface area (Å²) in [5, 5.41) is 9.04. The Kier molecular flexibility index (Phi) is 4.85. The maximum atomic E-state index is 9.04. The molecule has 0 saturated heterocycles. The smallest absolute Gasteiger partial charge is 0.0720 e. The first kappa shape index (κ1) is 12.0. The van der Waals surface area contributed by atoms with Crippen LogP contribution >= 0.6 is 0 Å². The minimum absolute atomic E-state index is 0. The zero-order valence-electron chi connectivity index (χ0n) is 7.97. The second-order valence-electron chi connectivity index (χ2n) is 3.54. The van der Waals surface area contributed by atoms with Crippen molar-refractivity contribution in [1.82, 2.24) is 0 Å². The van der Waals surface area contributed by atoms with E-state index in [0.29, 0.717) is 6.61 Å². The molecule has 2 nitrogen and oxygen atoms in total. The van der Waals surface area contributed by atoms with Crippen molar-refractivity contribution < 1.29 is 32.2 Å². The number of ether oxygens (including phenoxy) is 1. The van der Waals surface area contributed by atoms with Gasteiger partial charge in [0.2, 0.25) is 0 Å². The zero-order chi connectivity index (χ0) is 9.10. The third kappa shape index (κ3) is 3.23. The first-order chi connectivity index (χ1) is 6.34. The molecule has 0 spiro atoms. The summed E-state index contributed by atoms with van der Waals surface area (Å²) < 4.78 is 5.57. The van der Waals surface area contributed by atoms with Gasteiger partial charge in [0.05, 0.1) is 18.8 Å². The van der Waals surface area contributed by atoms with Gasteiger partial charge in [-0.3, -0.25) is 0 Å². The molecule has 2 rings (SSSR count). The first-order valence-corrected chi connectivity index (χ1v) is 4.68. The monoisotopic (exact) mass is 359 g/mol. The molecule has 0 unspecified atom stereocenters. The fourth-order valence-corrected chi connectivity index (χ4v) is 1.46.